The summed E-state index contributed by atoms with van der Waals surface area (Å²) in [4.78, 5) is 14.5. The molecule has 0 aliphatic heterocycles. The Labute approximate surface area is 200 Å². The van der Waals surface area contributed by atoms with Gasteiger partial charge in [0.05, 0.1) is 0 Å². The SMILES string of the molecule is C=C(/C=C\C=C/C)c1nc(-c2cccc(-c3cccc(Cl)c3)c2)nc([C@]2(C)C=CC=CC2)n1. The summed E-state index contributed by atoms with van der Waals surface area (Å²) in [5.74, 6) is 1.94. The topological polar surface area (TPSA) is 38.7 Å². The van der Waals surface area contributed by atoms with Crippen molar-refractivity contribution in [3.8, 4) is 22.5 Å². The molecule has 0 saturated carbocycles. The molecule has 33 heavy (non-hydrogen) atoms. The smallest absolute Gasteiger partial charge is 0.163 e. The Morgan fingerprint density at radius 1 is 0.970 bits per heavy atom. The fraction of sp³-hybridized carbons (Fsp3) is 0.138. The van der Waals surface area contributed by atoms with Crippen molar-refractivity contribution < 1.29 is 0 Å². The van der Waals surface area contributed by atoms with Gasteiger partial charge in [-0.3, -0.25) is 0 Å². The number of benzene rings is 2. The molecule has 1 atom stereocenters. The van der Waals surface area contributed by atoms with Crippen LogP contribution in [-0.4, -0.2) is 15.0 Å². The maximum atomic E-state index is 6.22. The van der Waals surface area contributed by atoms with E-state index < -0.39 is 0 Å². The summed E-state index contributed by atoms with van der Waals surface area (Å²) in [6, 6.07) is 16.0. The summed E-state index contributed by atoms with van der Waals surface area (Å²) in [6.45, 7) is 8.32. The molecule has 1 aliphatic carbocycles. The monoisotopic (exact) mass is 451 g/mol. The Morgan fingerprint density at radius 2 is 1.73 bits per heavy atom. The lowest BCUT2D eigenvalue weighted by atomic mass is 9.83. The van der Waals surface area contributed by atoms with Gasteiger partial charge in [-0.05, 0) is 49.6 Å². The number of rotatable bonds is 6. The van der Waals surface area contributed by atoms with Crippen LogP contribution in [0.4, 0.5) is 0 Å². The van der Waals surface area contributed by atoms with Crippen molar-refractivity contribution in [2.45, 2.75) is 25.7 Å². The second kappa shape index (κ2) is 9.93. The fourth-order valence-corrected chi connectivity index (χ4v) is 3.85. The van der Waals surface area contributed by atoms with Crippen LogP contribution in [0.1, 0.15) is 31.9 Å². The molecule has 3 nitrogen and oxygen atoms in total. The van der Waals surface area contributed by atoms with E-state index >= 15 is 0 Å². The molecule has 0 N–H and O–H groups in total. The van der Waals surface area contributed by atoms with Crippen LogP contribution < -0.4 is 0 Å². The molecule has 1 heterocycles. The lowest BCUT2D eigenvalue weighted by molar-refractivity contribution is 0.552. The number of allylic oxidation sites excluding steroid dienone is 9. The van der Waals surface area contributed by atoms with Crippen LogP contribution in [-0.2, 0) is 5.41 Å². The molecule has 0 radical (unpaired) electrons. The third kappa shape index (κ3) is 5.27. The number of nitrogens with zero attached hydrogens (tertiary/aromatic N) is 3. The lowest BCUT2D eigenvalue weighted by Gasteiger charge is -2.25. The van der Waals surface area contributed by atoms with E-state index in [0.717, 1.165) is 34.5 Å². The molecular formula is C29H26ClN3. The normalized spacial score (nSPS) is 17.8. The van der Waals surface area contributed by atoms with Gasteiger partial charge in [0.25, 0.3) is 0 Å². The van der Waals surface area contributed by atoms with Crippen molar-refractivity contribution in [1.82, 2.24) is 15.0 Å². The summed E-state index contributed by atoms with van der Waals surface area (Å²) < 4.78 is 0. The first-order chi connectivity index (χ1) is 16.0. The van der Waals surface area contributed by atoms with Crippen molar-refractivity contribution >= 4 is 17.2 Å². The molecule has 0 spiro atoms. The standard InChI is InChI=1S/C29H26ClN3/c1-4-5-7-12-21(2)26-31-27(33-28(32-26)29(3)17-8-6-9-18-29)24-15-10-13-22(19-24)23-14-11-16-25(30)20-23/h4-17,19-20H,2,18H2,1,3H3/b5-4-,12-7-/t29-/m1/s1. The van der Waals surface area contributed by atoms with E-state index in [9.17, 15) is 0 Å². The predicted molar refractivity (Wildman–Crippen MR) is 139 cm³/mol. The van der Waals surface area contributed by atoms with Gasteiger partial charge in [-0.2, -0.15) is 0 Å². The summed E-state index contributed by atoms with van der Waals surface area (Å²) in [5, 5.41) is 0.705. The average molecular weight is 452 g/mol. The molecule has 3 aromatic rings. The van der Waals surface area contributed by atoms with Gasteiger partial charge in [0, 0.05) is 21.6 Å². The van der Waals surface area contributed by atoms with E-state index in [2.05, 4.69) is 43.9 Å². The van der Waals surface area contributed by atoms with Gasteiger partial charge in [-0.15, -0.1) is 0 Å². The molecular weight excluding hydrogens is 426 g/mol. The molecule has 0 saturated heterocycles. The van der Waals surface area contributed by atoms with Crippen molar-refractivity contribution in [3.05, 3.63) is 120 Å². The van der Waals surface area contributed by atoms with Crippen LogP contribution in [0, 0.1) is 0 Å². The Balaban J connectivity index is 1.82. The first-order valence-electron chi connectivity index (χ1n) is 10.9. The van der Waals surface area contributed by atoms with Crippen LogP contribution in [0.25, 0.3) is 28.1 Å². The molecule has 1 aliphatic rings. The summed E-state index contributed by atoms with van der Waals surface area (Å²) in [5.41, 5.74) is 3.45. The van der Waals surface area contributed by atoms with Gasteiger partial charge >= 0.3 is 0 Å². The van der Waals surface area contributed by atoms with E-state index in [1.165, 1.54) is 0 Å². The van der Waals surface area contributed by atoms with E-state index in [0.29, 0.717) is 16.7 Å². The Morgan fingerprint density at radius 3 is 2.45 bits per heavy atom. The lowest BCUT2D eigenvalue weighted by Crippen LogP contribution is -2.24. The zero-order valence-corrected chi connectivity index (χ0v) is 19.6. The Hall–Kier alpha value is -3.56. The molecule has 4 heteroatoms. The molecule has 0 unspecified atom stereocenters. The third-order valence-electron chi connectivity index (χ3n) is 5.57. The minimum atomic E-state index is -0.306. The van der Waals surface area contributed by atoms with E-state index in [-0.39, 0.29) is 5.41 Å². The number of halogens is 1. The largest absolute Gasteiger partial charge is 0.212 e. The summed E-state index contributed by atoms with van der Waals surface area (Å²) >= 11 is 6.22. The van der Waals surface area contributed by atoms with Crippen LogP contribution in [0.5, 0.6) is 0 Å². The van der Waals surface area contributed by atoms with Gasteiger partial charge in [0.1, 0.15) is 5.82 Å². The maximum Gasteiger partial charge on any atom is 0.163 e. The molecule has 2 aromatic carbocycles. The third-order valence-corrected chi connectivity index (χ3v) is 5.80. The second-order valence-corrected chi connectivity index (χ2v) is 8.65. The van der Waals surface area contributed by atoms with Crippen molar-refractivity contribution in [1.29, 1.82) is 0 Å². The van der Waals surface area contributed by atoms with Gasteiger partial charge < -0.3 is 0 Å². The van der Waals surface area contributed by atoms with Crippen LogP contribution >= 0.6 is 11.6 Å². The predicted octanol–water partition coefficient (Wildman–Crippen LogP) is 7.78. The highest BCUT2D eigenvalue weighted by atomic mass is 35.5. The molecule has 0 fully saturated rings. The van der Waals surface area contributed by atoms with Crippen LogP contribution in [0.2, 0.25) is 5.02 Å². The zero-order chi connectivity index (χ0) is 23.3. The number of hydrogen-bond acceptors (Lipinski definition) is 3. The maximum absolute atomic E-state index is 6.22. The quantitative estimate of drug-likeness (QED) is 0.359. The van der Waals surface area contributed by atoms with Crippen molar-refractivity contribution in [2.75, 3.05) is 0 Å². The van der Waals surface area contributed by atoms with Crippen LogP contribution in [0.15, 0.2) is 104 Å². The molecule has 4 rings (SSSR count). The fourth-order valence-electron chi connectivity index (χ4n) is 3.66. The van der Waals surface area contributed by atoms with Gasteiger partial charge in [-0.25, -0.2) is 15.0 Å². The minimum Gasteiger partial charge on any atom is -0.212 e. The molecule has 0 amide bonds. The highest BCUT2D eigenvalue weighted by Gasteiger charge is 2.28. The first-order valence-corrected chi connectivity index (χ1v) is 11.3. The first kappa shape index (κ1) is 22.6. The minimum absolute atomic E-state index is 0.306. The van der Waals surface area contributed by atoms with Crippen molar-refractivity contribution in [2.24, 2.45) is 0 Å². The molecule has 0 bridgehead atoms. The number of hydrogen-bond donors (Lipinski definition) is 0. The van der Waals surface area contributed by atoms with Gasteiger partial charge in [-0.1, -0.05) is 97.1 Å². The average Bonchev–Trinajstić information content (AvgIpc) is 2.84. The number of aromatic nitrogens is 3. The molecule has 164 valence electrons. The van der Waals surface area contributed by atoms with Crippen molar-refractivity contribution in [3.63, 3.8) is 0 Å². The van der Waals surface area contributed by atoms with Gasteiger partial charge in [0.2, 0.25) is 0 Å². The highest BCUT2D eigenvalue weighted by Crippen LogP contribution is 2.32. The van der Waals surface area contributed by atoms with E-state index in [1.807, 2.05) is 73.7 Å². The molecule has 1 aromatic heterocycles. The summed E-state index contributed by atoms with van der Waals surface area (Å²) in [7, 11) is 0. The van der Waals surface area contributed by atoms with Crippen LogP contribution in [0.3, 0.4) is 0 Å². The van der Waals surface area contributed by atoms with E-state index in [4.69, 9.17) is 26.6 Å². The summed E-state index contributed by atoms with van der Waals surface area (Å²) in [6.07, 6.45) is 17.0. The zero-order valence-electron chi connectivity index (χ0n) is 18.9. The van der Waals surface area contributed by atoms with E-state index in [1.54, 1.807) is 0 Å². The highest BCUT2D eigenvalue weighted by molar-refractivity contribution is 6.30. The Kier molecular flexibility index (Phi) is 6.81. The van der Waals surface area contributed by atoms with Gasteiger partial charge in [0.15, 0.2) is 11.6 Å². The second-order valence-electron chi connectivity index (χ2n) is 8.22. The Bertz CT molecular complexity index is 1300.